The topological polar surface area (TPSA) is 70.5 Å². The van der Waals surface area contributed by atoms with E-state index in [2.05, 4.69) is 15.6 Å². The fourth-order valence-electron chi connectivity index (χ4n) is 0.382. The maximum absolute atomic E-state index is 11.0. The predicted molar refractivity (Wildman–Crippen MR) is 41.7 cm³/mol. The van der Waals surface area contributed by atoms with Crippen molar-refractivity contribution in [2.24, 2.45) is 0 Å². The summed E-state index contributed by atoms with van der Waals surface area (Å²) in [4.78, 5) is 0. The van der Waals surface area contributed by atoms with Gasteiger partial charge in [-0.25, -0.2) is 0 Å². The molecule has 0 bridgehead atoms. The van der Waals surface area contributed by atoms with Crippen LogP contribution in [0.1, 0.15) is 0 Å². The molecule has 0 rings (SSSR count). The van der Waals surface area contributed by atoms with E-state index < -0.39 is 7.60 Å². The van der Waals surface area contributed by atoms with E-state index in [4.69, 9.17) is 0 Å². The molecule has 0 radical (unpaired) electrons. The Kier molecular flexibility index (Phi) is 7.04. The summed E-state index contributed by atoms with van der Waals surface area (Å²) >= 11 is 0. The van der Waals surface area contributed by atoms with E-state index in [-0.39, 0.29) is 12.3 Å². The van der Waals surface area contributed by atoms with Gasteiger partial charge in [0.25, 0.3) is 0 Å². The summed E-state index contributed by atoms with van der Waals surface area (Å²) in [5, 5.41) is 0. The SMILES string of the molecule is C=CCP(=O)(OC)OC.N. The van der Waals surface area contributed by atoms with Gasteiger partial charge in [-0.15, -0.1) is 6.58 Å². The first-order valence-electron chi connectivity index (χ1n) is 2.50. The zero-order valence-electron chi connectivity index (χ0n) is 6.37. The van der Waals surface area contributed by atoms with Gasteiger partial charge in [-0.2, -0.15) is 0 Å². The summed E-state index contributed by atoms with van der Waals surface area (Å²) < 4.78 is 20.2. The molecule has 0 aliphatic carbocycles. The minimum absolute atomic E-state index is 0. The molecule has 10 heavy (non-hydrogen) atoms. The van der Waals surface area contributed by atoms with Gasteiger partial charge in [0, 0.05) is 14.2 Å². The Morgan fingerprint density at radius 1 is 1.50 bits per heavy atom. The smallest absolute Gasteiger partial charge is 0.333 e. The number of rotatable bonds is 4. The molecule has 0 aromatic heterocycles. The lowest BCUT2D eigenvalue weighted by Crippen LogP contribution is -1.90. The molecule has 0 aliphatic rings. The van der Waals surface area contributed by atoms with Crippen LogP contribution >= 0.6 is 7.60 Å². The average molecular weight is 167 g/mol. The second-order valence-corrected chi connectivity index (χ2v) is 3.76. The monoisotopic (exact) mass is 167 g/mol. The van der Waals surface area contributed by atoms with Crippen molar-refractivity contribution in [3.63, 3.8) is 0 Å². The van der Waals surface area contributed by atoms with E-state index in [0.717, 1.165) is 0 Å². The first-order valence-corrected chi connectivity index (χ1v) is 4.22. The maximum Gasteiger partial charge on any atom is 0.333 e. The molecule has 0 saturated carbocycles. The Morgan fingerprint density at radius 3 is 2.00 bits per heavy atom. The van der Waals surface area contributed by atoms with Crippen LogP contribution in [0.15, 0.2) is 12.7 Å². The third kappa shape index (κ3) is 3.80. The summed E-state index contributed by atoms with van der Waals surface area (Å²) in [6, 6.07) is 0. The van der Waals surface area contributed by atoms with E-state index >= 15 is 0 Å². The normalized spacial score (nSPS) is 10.2. The lowest BCUT2D eigenvalue weighted by Gasteiger charge is -2.09. The molecule has 62 valence electrons. The highest BCUT2D eigenvalue weighted by atomic mass is 31.2. The maximum atomic E-state index is 11.0. The van der Waals surface area contributed by atoms with Crippen LogP contribution < -0.4 is 6.15 Å². The molecule has 0 atom stereocenters. The molecule has 0 spiro atoms. The Balaban J connectivity index is 0. The van der Waals surface area contributed by atoms with Gasteiger partial charge in [-0.1, -0.05) is 6.08 Å². The van der Waals surface area contributed by atoms with Crippen molar-refractivity contribution >= 4 is 7.60 Å². The van der Waals surface area contributed by atoms with Gasteiger partial charge in [-0.3, -0.25) is 4.57 Å². The zero-order chi connectivity index (χ0) is 7.33. The summed E-state index contributed by atoms with van der Waals surface area (Å²) in [5.41, 5.74) is 0. The van der Waals surface area contributed by atoms with Gasteiger partial charge in [0.1, 0.15) is 0 Å². The van der Waals surface area contributed by atoms with Crippen molar-refractivity contribution in [3.05, 3.63) is 12.7 Å². The summed E-state index contributed by atoms with van der Waals surface area (Å²) in [6.45, 7) is 3.41. The second kappa shape index (κ2) is 5.62. The standard InChI is InChI=1S/C5H11O3P.H3N/c1-4-5-9(6,7-2)8-3;/h4H,1,5H2,2-3H3;1H3. The van der Waals surface area contributed by atoms with Crippen molar-refractivity contribution in [1.29, 1.82) is 0 Å². The van der Waals surface area contributed by atoms with Gasteiger partial charge in [0.05, 0.1) is 6.16 Å². The zero-order valence-corrected chi connectivity index (χ0v) is 7.27. The summed E-state index contributed by atoms with van der Waals surface area (Å²) in [6.07, 6.45) is 1.77. The molecule has 4 nitrogen and oxygen atoms in total. The highest BCUT2D eigenvalue weighted by Crippen LogP contribution is 2.45. The van der Waals surface area contributed by atoms with Crippen molar-refractivity contribution in [1.82, 2.24) is 6.15 Å². The van der Waals surface area contributed by atoms with Crippen LogP contribution in [0.4, 0.5) is 0 Å². The fourth-order valence-corrected chi connectivity index (χ4v) is 1.15. The highest BCUT2D eigenvalue weighted by Gasteiger charge is 2.17. The molecular weight excluding hydrogens is 153 g/mol. The lowest BCUT2D eigenvalue weighted by atomic mass is 10.8. The molecular formula is C5H14NO3P. The van der Waals surface area contributed by atoms with Crippen LogP contribution in [-0.2, 0) is 13.6 Å². The van der Waals surface area contributed by atoms with E-state index in [1.54, 1.807) is 0 Å². The van der Waals surface area contributed by atoms with Gasteiger partial charge < -0.3 is 15.2 Å². The third-order valence-electron chi connectivity index (χ3n) is 0.909. The molecule has 0 fully saturated rings. The van der Waals surface area contributed by atoms with Crippen LogP contribution in [0, 0.1) is 0 Å². The van der Waals surface area contributed by atoms with Crippen molar-refractivity contribution in [2.45, 2.75) is 0 Å². The van der Waals surface area contributed by atoms with Crippen molar-refractivity contribution < 1.29 is 13.6 Å². The molecule has 0 aromatic rings. The Morgan fingerprint density at radius 2 is 1.90 bits per heavy atom. The van der Waals surface area contributed by atoms with Crippen molar-refractivity contribution in [3.8, 4) is 0 Å². The quantitative estimate of drug-likeness (QED) is 0.512. The number of allylic oxidation sites excluding steroid dienone is 1. The fraction of sp³-hybridized carbons (Fsp3) is 0.600. The van der Waals surface area contributed by atoms with Gasteiger partial charge in [0.15, 0.2) is 0 Å². The third-order valence-corrected chi connectivity index (χ3v) is 2.73. The largest absolute Gasteiger partial charge is 0.344 e. The van der Waals surface area contributed by atoms with Crippen LogP contribution in [0.25, 0.3) is 0 Å². The van der Waals surface area contributed by atoms with Crippen LogP contribution in [0.5, 0.6) is 0 Å². The van der Waals surface area contributed by atoms with Gasteiger partial charge >= 0.3 is 7.60 Å². The van der Waals surface area contributed by atoms with E-state index in [0.29, 0.717) is 0 Å². The van der Waals surface area contributed by atoms with Gasteiger partial charge in [0.2, 0.25) is 0 Å². The molecule has 0 unspecified atom stereocenters. The van der Waals surface area contributed by atoms with E-state index in [1.807, 2.05) is 0 Å². The lowest BCUT2D eigenvalue weighted by molar-refractivity contribution is 0.279. The van der Waals surface area contributed by atoms with Crippen LogP contribution in [-0.4, -0.2) is 20.4 Å². The van der Waals surface area contributed by atoms with Crippen molar-refractivity contribution in [2.75, 3.05) is 20.4 Å². The Labute approximate surface area is 61.3 Å². The Hall–Kier alpha value is -0.150. The van der Waals surface area contributed by atoms with Crippen LogP contribution in [0.3, 0.4) is 0 Å². The Bertz CT molecular complexity index is 129. The first-order chi connectivity index (χ1) is 4.18. The minimum Gasteiger partial charge on any atom is -0.344 e. The molecule has 0 heterocycles. The molecule has 0 amide bonds. The number of hydrogen-bond acceptors (Lipinski definition) is 4. The van der Waals surface area contributed by atoms with Crippen LogP contribution in [0.2, 0.25) is 0 Å². The number of hydrogen-bond donors (Lipinski definition) is 1. The summed E-state index contributed by atoms with van der Waals surface area (Å²) in [7, 11) is -0.0893. The summed E-state index contributed by atoms with van der Waals surface area (Å²) in [5.74, 6) is 0. The average Bonchev–Trinajstić information content (AvgIpc) is 1.89. The molecule has 0 saturated heterocycles. The molecule has 0 aliphatic heterocycles. The minimum atomic E-state index is -2.80. The van der Waals surface area contributed by atoms with E-state index in [9.17, 15) is 4.57 Å². The second-order valence-electron chi connectivity index (χ2n) is 1.45. The molecule has 3 N–H and O–H groups in total. The first kappa shape index (κ1) is 12.5. The van der Waals surface area contributed by atoms with E-state index in [1.165, 1.54) is 20.3 Å². The molecule has 5 heteroatoms. The van der Waals surface area contributed by atoms with Gasteiger partial charge in [-0.05, 0) is 0 Å². The predicted octanol–water partition coefficient (Wildman–Crippen LogP) is 1.82. The highest BCUT2D eigenvalue weighted by molar-refractivity contribution is 7.54. The molecule has 0 aromatic carbocycles.